The van der Waals surface area contributed by atoms with Crippen molar-refractivity contribution in [3.05, 3.63) is 23.9 Å². The number of hydrogen-bond acceptors (Lipinski definition) is 6. The number of amides is 1. The summed E-state index contributed by atoms with van der Waals surface area (Å²) in [5.41, 5.74) is 0.0940. The summed E-state index contributed by atoms with van der Waals surface area (Å²) in [4.78, 5) is 27.0. The van der Waals surface area contributed by atoms with Gasteiger partial charge in [0, 0.05) is 12.6 Å². The first kappa shape index (κ1) is 17.4. The van der Waals surface area contributed by atoms with Crippen molar-refractivity contribution in [3.8, 4) is 6.07 Å². The highest BCUT2D eigenvalue weighted by molar-refractivity contribution is 5.83. The molecule has 7 nitrogen and oxygen atoms in total. The monoisotopic (exact) mass is 305 g/mol. The van der Waals surface area contributed by atoms with Gasteiger partial charge in [0.15, 0.2) is 0 Å². The predicted molar refractivity (Wildman–Crippen MR) is 78.9 cm³/mol. The van der Waals surface area contributed by atoms with Crippen LogP contribution in [0.15, 0.2) is 18.3 Å². The van der Waals surface area contributed by atoms with E-state index in [2.05, 4.69) is 15.0 Å². The highest BCUT2D eigenvalue weighted by Crippen LogP contribution is 2.13. The van der Waals surface area contributed by atoms with Crippen molar-refractivity contribution in [2.45, 2.75) is 32.8 Å². The third-order valence-electron chi connectivity index (χ3n) is 2.54. The third kappa shape index (κ3) is 5.79. The first-order valence-electron chi connectivity index (χ1n) is 6.67. The molecule has 0 aromatic carbocycles. The number of methoxy groups -OCH3 is 1. The van der Waals surface area contributed by atoms with E-state index in [1.807, 2.05) is 6.07 Å². The molecule has 1 atom stereocenters. The Labute approximate surface area is 129 Å². The van der Waals surface area contributed by atoms with Crippen molar-refractivity contribution < 1.29 is 19.1 Å². The standard InChI is InChI=1S/C15H19N3O4/c1-15(2,3)22-14(20)18-12-6-5-10(9-17-12)7-11(8-16)13(19)21-4/h5-6,9,11H,7H2,1-4H3,(H,17,18,20). The van der Waals surface area contributed by atoms with E-state index in [1.165, 1.54) is 13.3 Å². The van der Waals surface area contributed by atoms with Gasteiger partial charge in [-0.25, -0.2) is 9.78 Å². The van der Waals surface area contributed by atoms with Gasteiger partial charge in [0.2, 0.25) is 0 Å². The van der Waals surface area contributed by atoms with Crippen LogP contribution >= 0.6 is 0 Å². The second-order valence-electron chi connectivity index (χ2n) is 5.59. The van der Waals surface area contributed by atoms with Crippen molar-refractivity contribution >= 4 is 17.9 Å². The van der Waals surface area contributed by atoms with Crippen molar-refractivity contribution in [1.82, 2.24) is 4.98 Å². The van der Waals surface area contributed by atoms with E-state index in [0.717, 1.165) is 0 Å². The van der Waals surface area contributed by atoms with Gasteiger partial charge in [0.25, 0.3) is 0 Å². The van der Waals surface area contributed by atoms with Crippen LogP contribution in [0.1, 0.15) is 26.3 Å². The summed E-state index contributed by atoms with van der Waals surface area (Å²) < 4.78 is 9.65. The Balaban J connectivity index is 2.65. The average molecular weight is 305 g/mol. The molecule has 1 amide bonds. The quantitative estimate of drug-likeness (QED) is 0.856. The van der Waals surface area contributed by atoms with Crippen LogP contribution in [0.3, 0.4) is 0 Å². The number of carbonyl (C=O) groups is 2. The SMILES string of the molecule is COC(=O)C(C#N)Cc1ccc(NC(=O)OC(C)(C)C)nc1. The second-order valence-corrected chi connectivity index (χ2v) is 5.59. The number of hydrogen-bond donors (Lipinski definition) is 1. The minimum Gasteiger partial charge on any atom is -0.468 e. The molecule has 1 rings (SSSR count). The third-order valence-corrected chi connectivity index (χ3v) is 2.54. The fourth-order valence-electron chi connectivity index (χ4n) is 1.59. The van der Waals surface area contributed by atoms with Gasteiger partial charge in [-0.05, 0) is 32.4 Å². The fourth-order valence-corrected chi connectivity index (χ4v) is 1.59. The Morgan fingerprint density at radius 3 is 2.55 bits per heavy atom. The zero-order valence-electron chi connectivity index (χ0n) is 13.0. The summed E-state index contributed by atoms with van der Waals surface area (Å²) in [5.74, 6) is -1.14. The lowest BCUT2D eigenvalue weighted by molar-refractivity contribution is -0.143. The van der Waals surface area contributed by atoms with Crippen LogP contribution in [0, 0.1) is 17.2 Å². The number of nitriles is 1. The number of rotatable bonds is 4. The lowest BCUT2D eigenvalue weighted by Gasteiger charge is -2.19. The Kier molecular flexibility index (Phi) is 5.87. The van der Waals surface area contributed by atoms with Gasteiger partial charge >= 0.3 is 12.1 Å². The zero-order chi connectivity index (χ0) is 16.8. The fraction of sp³-hybridized carbons (Fsp3) is 0.467. The minimum absolute atomic E-state index is 0.197. The Morgan fingerprint density at radius 1 is 1.41 bits per heavy atom. The van der Waals surface area contributed by atoms with Crippen molar-refractivity contribution in [1.29, 1.82) is 5.26 Å². The summed E-state index contributed by atoms with van der Waals surface area (Å²) in [5, 5.41) is 11.4. The Morgan fingerprint density at radius 2 is 2.09 bits per heavy atom. The Hall–Kier alpha value is -2.62. The van der Waals surface area contributed by atoms with E-state index >= 15 is 0 Å². The number of ether oxygens (including phenoxy) is 2. The summed E-state index contributed by atoms with van der Waals surface area (Å²) in [7, 11) is 1.23. The van der Waals surface area contributed by atoms with E-state index in [4.69, 9.17) is 10.00 Å². The summed E-state index contributed by atoms with van der Waals surface area (Å²) >= 11 is 0. The minimum atomic E-state index is -0.878. The maximum absolute atomic E-state index is 11.6. The molecule has 22 heavy (non-hydrogen) atoms. The van der Waals surface area contributed by atoms with Crippen LogP contribution in [0.25, 0.3) is 0 Å². The van der Waals surface area contributed by atoms with Gasteiger partial charge < -0.3 is 9.47 Å². The maximum Gasteiger partial charge on any atom is 0.413 e. The molecule has 118 valence electrons. The number of aromatic nitrogens is 1. The van der Waals surface area contributed by atoms with Gasteiger partial charge in [-0.15, -0.1) is 0 Å². The molecule has 0 saturated carbocycles. The summed E-state index contributed by atoms with van der Waals surface area (Å²) in [6.07, 6.45) is 1.08. The van der Waals surface area contributed by atoms with Gasteiger partial charge in [-0.3, -0.25) is 10.1 Å². The van der Waals surface area contributed by atoms with Crippen molar-refractivity contribution in [2.24, 2.45) is 5.92 Å². The lowest BCUT2D eigenvalue weighted by atomic mass is 10.0. The normalized spacial score (nSPS) is 12.0. The van der Waals surface area contributed by atoms with Gasteiger partial charge in [-0.2, -0.15) is 5.26 Å². The number of nitrogens with one attached hydrogen (secondary N) is 1. The molecule has 1 aromatic heterocycles. The molecule has 0 saturated heterocycles. The molecule has 7 heteroatoms. The van der Waals surface area contributed by atoms with Crippen LogP contribution in [0.2, 0.25) is 0 Å². The van der Waals surface area contributed by atoms with Crippen molar-refractivity contribution in [2.75, 3.05) is 12.4 Å². The first-order chi connectivity index (χ1) is 10.2. The van der Waals surface area contributed by atoms with E-state index in [1.54, 1.807) is 32.9 Å². The molecule has 0 fully saturated rings. The molecular weight excluding hydrogens is 286 g/mol. The molecule has 0 aliphatic carbocycles. The van der Waals surface area contributed by atoms with E-state index in [0.29, 0.717) is 11.4 Å². The van der Waals surface area contributed by atoms with Crippen LogP contribution in [0.4, 0.5) is 10.6 Å². The van der Waals surface area contributed by atoms with Crippen LogP contribution < -0.4 is 5.32 Å². The predicted octanol–water partition coefficient (Wildman–Crippen LogP) is 2.28. The zero-order valence-corrected chi connectivity index (χ0v) is 13.0. The number of anilines is 1. The second kappa shape index (κ2) is 7.41. The van der Waals surface area contributed by atoms with Crippen LogP contribution in [-0.4, -0.2) is 29.8 Å². The van der Waals surface area contributed by atoms with Crippen LogP contribution in [-0.2, 0) is 20.7 Å². The lowest BCUT2D eigenvalue weighted by Crippen LogP contribution is -2.27. The first-order valence-corrected chi connectivity index (χ1v) is 6.67. The highest BCUT2D eigenvalue weighted by atomic mass is 16.6. The Bertz CT molecular complexity index is 570. The van der Waals surface area contributed by atoms with Crippen LogP contribution in [0.5, 0.6) is 0 Å². The van der Waals surface area contributed by atoms with Crippen molar-refractivity contribution in [3.63, 3.8) is 0 Å². The van der Waals surface area contributed by atoms with Gasteiger partial charge in [0.1, 0.15) is 17.3 Å². The van der Waals surface area contributed by atoms with Gasteiger partial charge in [-0.1, -0.05) is 6.07 Å². The molecule has 0 aliphatic rings. The van der Waals surface area contributed by atoms with Gasteiger partial charge in [0.05, 0.1) is 13.2 Å². The molecule has 1 aromatic rings. The number of pyridine rings is 1. The molecule has 0 aliphatic heterocycles. The summed E-state index contributed by atoms with van der Waals surface area (Å²) in [6.45, 7) is 5.29. The molecule has 0 bridgehead atoms. The topological polar surface area (TPSA) is 101 Å². The average Bonchev–Trinajstić information content (AvgIpc) is 2.43. The number of nitrogens with zero attached hydrogens (tertiary/aromatic N) is 2. The smallest absolute Gasteiger partial charge is 0.413 e. The highest BCUT2D eigenvalue weighted by Gasteiger charge is 2.19. The molecule has 1 N–H and O–H groups in total. The molecular formula is C15H19N3O4. The molecule has 1 heterocycles. The number of carbonyl (C=O) groups excluding carboxylic acids is 2. The molecule has 0 radical (unpaired) electrons. The summed E-state index contributed by atoms with van der Waals surface area (Å²) in [6, 6.07) is 5.13. The van der Waals surface area contributed by atoms with E-state index in [-0.39, 0.29) is 6.42 Å². The number of esters is 1. The largest absolute Gasteiger partial charge is 0.468 e. The molecule has 0 spiro atoms. The van der Waals surface area contributed by atoms with E-state index < -0.39 is 23.6 Å². The molecule has 1 unspecified atom stereocenters. The van der Waals surface area contributed by atoms with E-state index in [9.17, 15) is 9.59 Å². The maximum atomic E-state index is 11.6.